The molecule has 0 saturated heterocycles. The first-order valence-corrected chi connectivity index (χ1v) is 7.58. The van der Waals surface area contributed by atoms with Crippen LogP contribution in [0.2, 0.25) is 0 Å². The zero-order valence-corrected chi connectivity index (χ0v) is 16.3. The van der Waals surface area contributed by atoms with Crippen LogP contribution in [0, 0.1) is 0 Å². The highest BCUT2D eigenvalue weighted by molar-refractivity contribution is 14.0. The molecule has 5 nitrogen and oxygen atoms in total. The fraction of sp³-hybridized carbons (Fsp3) is 0.278. The van der Waals surface area contributed by atoms with Crippen LogP contribution < -0.4 is 15.8 Å². The van der Waals surface area contributed by atoms with E-state index in [9.17, 15) is 0 Å². The maximum atomic E-state index is 5.92. The SMILES string of the molecule is CCOCc1ccc(CN=C(N)Nc2cccc(OC)c2)cc1.I. The van der Waals surface area contributed by atoms with E-state index in [0.29, 0.717) is 19.1 Å². The molecule has 0 radical (unpaired) electrons. The molecule has 0 spiro atoms. The molecule has 0 aliphatic heterocycles. The van der Waals surface area contributed by atoms with E-state index in [4.69, 9.17) is 15.2 Å². The number of methoxy groups -OCH3 is 1. The Balaban J connectivity index is 0.00000288. The molecule has 2 aromatic carbocycles. The summed E-state index contributed by atoms with van der Waals surface area (Å²) in [7, 11) is 1.63. The van der Waals surface area contributed by atoms with Crippen LogP contribution in [0.25, 0.3) is 0 Å². The topological polar surface area (TPSA) is 68.9 Å². The average molecular weight is 441 g/mol. The van der Waals surface area contributed by atoms with Gasteiger partial charge in [0.15, 0.2) is 5.96 Å². The van der Waals surface area contributed by atoms with Crippen molar-refractivity contribution >= 4 is 35.6 Å². The number of anilines is 1. The highest BCUT2D eigenvalue weighted by Gasteiger charge is 1.98. The lowest BCUT2D eigenvalue weighted by molar-refractivity contribution is 0.134. The summed E-state index contributed by atoms with van der Waals surface area (Å²) in [5.41, 5.74) is 9.02. The summed E-state index contributed by atoms with van der Waals surface area (Å²) >= 11 is 0. The Hall–Kier alpha value is -1.80. The van der Waals surface area contributed by atoms with Gasteiger partial charge in [-0.15, -0.1) is 24.0 Å². The van der Waals surface area contributed by atoms with Crippen LogP contribution in [0.3, 0.4) is 0 Å². The van der Waals surface area contributed by atoms with Gasteiger partial charge in [-0.2, -0.15) is 0 Å². The monoisotopic (exact) mass is 441 g/mol. The molecule has 0 amide bonds. The van der Waals surface area contributed by atoms with E-state index in [1.807, 2.05) is 55.5 Å². The van der Waals surface area contributed by atoms with Gasteiger partial charge < -0.3 is 20.5 Å². The van der Waals surface area contributed by atoms with Crippen molar-refractivity contribution in [1.29, 1.82) is 0 Å². The Morgan fingerprint density at radius 3 is 2.50 bits per heavy atom. The number of nitrogens with one attached hydrogen (secondary N) is 1. The van der Waals surface area contributed by atoms with Crippen LogP contribution in [0.4, 0.5) is 5.69 Å². The van der Waals surface area contributed by atoms with Crippen LogP contribution in [0.5, 0.6) is 5.75 Å². The van der Waals surface area contributed by atoms with Crippen molar-refractivity contribution in [3.63, 3.8) is 0 Å². The lowest BCUT2D eigenvalue weighted by Crippen LogP contribution is -2.22. The predicted octanol–water partition coefficient (Wildman–Crippen LogP) is 3.78. The van der Waals surface area contributed by atoms with Gasteiger partial charge in [0.05, 0.1) is 20.3 Å². The quantitative estimate of drug-likeness (QED) is 0.390. The van der Waals surface area contributed by atoms with Gasteiger partial charge in [-0.3, -0.25) is 0 Å². The fourth-order valence-electron chi connectivity index (χ4n) is 2.03. The lowest BCUT2D eigenvalue weighted by Gasteiger charge is -2.07. The largest absolute Gasteiger partial charge is 0.497 e. The summed E-state index contributed by atoms with van der Waals surface area (Å²) in [6.45, 7) is 3.87. The summed E-state index contributed by atoms with van der Waals surface area (Å²) in [4.78, 5) is 4.35. The second-order valence-electron chi connectivity index (χ2n) is 5.01. The Labute approximate surface area is 160 Å². The molecule has 2 aromatic rings. The third-order valence-electron chi connectivity index (χ3n) is 3.27. The number of aliphatic imine (C=N–C) groups is 1. The molecule has 0 atom stereocenters. The predicted molar refractivity (Wildman–Crippen MR) is 109 cm³/mol. The molecule has 3 N–H and O–H groups in total. The molecule has 0 aliphatic carbocycles. The van der Waals surface area contributed by atoms with E-state index in [1.54, 1.807) is 7.11 Å². The summed E-state index contributed by atoms with van der Waals surface area (Å²) in [6, 6.07) is 15.7. The van der Waals surface area contributed by atoms with Gasteiger partial charge in [-0.25, -0.2) is 4.99 Å². The standard InChI is InChI=1S/C18H23N3O2.HI/c1-3-23-13-15-9-7-14(8-10-15)12-20-18(19)21-16-5-4-6-17(11-16)22-2;/h4-11H,3,12-13H2,1-2H3,(H3,19,20,21);1H. The Kier molecular flexibility index (Phi) is 9.18. The Bertz CT molecular complexity index is 645. The number of nitrogens with zero attached hydrogens (tertiary/aromatic N) is 1. The molecule has 0 bridgehead atoms. The van der Waals surface area contributed by atoms with Crippen LogP contribution in [0.15, 0.2) is 53.5 Å². The van der Waals surface area contributed by atoms with Crippen LogP contribution in [-0.2, 0) is 17.9 Å². The summed E-state index contributed by atoms with van der Waals surface area (Å²) in [5.74, 6) is 1.14. The Morgan fingerprint density at radius 1 is 1.12 bits per heavy atom. The van der Waals surface area contributed by atoms with Gasteiger partial charge in [0.2, 0.25) is 0 Å². The van der Waals surface area contributed by atoms with Crippen molar-refractivity contribution in [3.8, 4) is 5.75 Å². The van der Waals surface area contributed by atoms with Crippen LogP contribution in [0.1, 0.15) is 18.1 Å². The molecule has 0 unspecified atom stereocenters. The molecule has 0 aromatic heterocycles. The lowest BCUT2D eigenvalue weighted by atomic mass is 10.1. The number of hydrogen-bond acceptors (Lipinski definition) is 3. The van der Waals surface area contributed by atoms with Gasteiger partial charge >= 0.3 is 0 Å². The molecule has 0 aliphatic rings. The van der Waals surface area contributed by atoms with Gasteiger partial charge in [-0.1, -0.05) is 30.3 Å². The normalized spacial score (nSPS) is 10.8. The number of guanidine groups is 1. The van der Waals surface area contributed by atoms with E-state index in [2.05, 4.69) is 10.3 Å². The molecular weight excluding hydrogens is 417 g/mol. The molecule has 2 rings (SSSR count). The summed E-state index contributed by atoms with van der Waals surface area (Å²) in [5, 5.41) is 3.05. The number of halogens is 1. The molecule has 0 heterocycles. The molecule has 6 heteroatoms. The minimum Gasteiger partial charge on any atom is -0.497 e. The number of rotatable bonds is 7. The number of nitrogens with two attached hydrogens (primary N) is 1. The van der Waals surface area contributed by atoms with Crippen molar-refractivity contribution < 1.29 is 9.47 Å². The smallest absolute Gasteiger partial charge is 0.193 e. The molecule has 0 fully saturated rings. The van der Waals surface area contributed by atoms with Crippen molar-refractivity contribution in [3.05, 3.63) is 59.7 Å². The minimum absolute atomic E-state index is 0. The van der Waals surface area contributed by atoms with E-state index in [0.717, 1.165) is 29.2 Å². The summed E-state index contributed by atoms with van der Waals surface area (Å²) < 4.78 is 10.5. The first-order valence-electron chi connectivity index (χ1n) is 7.58. The van der Waals surface area contributed by atoms with E-state index < -0.39 is 0 Å². The van der Waals surface area contributed by atoms with Gasteiger partial charge in [-0.05, 0) is 30.2 Å². The van der Waals surface area contributed by atoms with E-state index in [1.165, 1.54) is 0 Å². The number of hydrogen-bond donors (Lipinski definition) is 2. The zero-order chi connectivity index (χ0) is 16.5. The number of benzene rings is 2. The van der Waals surface area contributed by atoms with Crippen molar-refractivity contribution in [1.82, 2.24) is 0 Å². The third kappa shape index (κ3) is 6.76. The van der Waals surface area contributed by atoms with Crippen LogP contribution >= 0.6 is 24.0 Å². The zero-order valence-electron chi connectivity index (χ0n) is 14.0. The minimum atomic E-state index is 0. The first kappa shape index (κ1) is 20.2. The molecule has 0 saturated carbocycles. The third-order valence-corrected chi connectivity index (χ3v) is 3.27. The van der Waals surface area contributed by atoms with Crippen LogP contribution in [-0.4, -0.2) is 19.7 Å². The highest BCUT2D eigenvalue weighted by Crippen LogP contribution is 2.16. The van der Waals surface area contributed by atoms with E-state index in [-0.39, 0.29) is 24.0 Å². The summed E-state index contributed by atoms with van der Waals surface area (Å²) in [6.07, 6.45) is 0. The van der Waals surface area contributed by atoms with Crippen molar-refractivity contribution in [2.24, 2.45) is 10.7 Å². The van der Waals surface area contributed by atoms with Crippen molar-refractivity contribution in [2.75, 3.05) is 19.0 Å². The second-order valence-corrected chi connectivity index (χ2v) is 5.01. The van der Waals surface area contributed by atoms with Gasteiger partial charge in [0, 0.05) is 18.4 Å². The fourth-order valence-corrected chi connectivity index (χ4v) is 2.03. The highest BCUT2D eigenvalue weighted by atomic mass is 127. The van der Waals surface area contributed by atoms with Crippen molar-refractivity contribution in [2.45, 2.75) is 20.1 Å². The molecular formula is C18H24IN3O2. The number of ether oxygens (including phenoxy) is 2. The van der Waals surface area contributed by atoms with Gasteiger partial charge in [0.25, 0.3) is 0 Å². The maximum Gasteiger partial charge on any atom is 0.193 e. The van der Waals surface area contributed by atoms with E-state index >= 15 is 0 Å². The maximum absolute atomic E-state index is 5.92. The molecule has 130 valence electrons. The van der Waals surface area contributed by atoms with Gasteiger partial charge in [0.1, 0.15) is 5.75 Å². The first-order chi connectivity index (χ1) is 11.2. The molecule has 24 heavy (non-hydrogen) atoms. The average Bonchev–Trinajstić information content (AvgIpc) is 2.59. The Morgan fingerprint density at radius 2 is 1.83 bits per heavy atom. The second kappa shape index (κ2) is 10.9.